The molecule has 0 saturated heterocycles. The van der Waals surface area contributed by atoms with E-state index in [-0.39, 0.29) is 0 Å². The number of aromatic hydroxyl groups is 1. The monoisotopic (exact) mass is 288 g/mol. The second-order valence-electron chi connectivity index (χ2n) is 8.24. The molecule has 1 fully saturated rings. The minimum Gasteiger partial charge on any atom is -0.507 e. The van der Waals surface area contributed by atoms with Gasteiger partial charge in [0.25, 0.3) is 0 Å². The van der Waals surface area contributed by atoms with Crippen molar-refractivity contribution in [2.45, 2.75) is 79.1 Å². The number of rotatable bonds is 3. The van der Waals surface area contributed by atoms with Gasteiger partial charge in [0.05, 0.1) is 0 Å². The smallest absolute Gasteiger partial charge is 0.122 e. The van der Waals surface area contributed by atoms with E-state index in [1.807, 2.05) is 0 Å². The van der Waals surface area contributed by atoms with Gasteiger partial charge in [0, 0.05) is 0 Å². The molecule has 2 rings (SSSR count). The van der Waals surface area contributed by atoms with Crippen LogP contribution in [0.25, 0.3) is 0 Å². The van der Waals surface area contributed by atoms with Crippen molar-refractivity contribution in [1.29, 1.82) is 0 Å². The van der Waals surface area contributed by atoms with Crippen molar-refractivity contribution in [3.05, 3.63) is 28.8 Å². The molecule has 0 amide bonds. The standard InChI is InChI=1S/C20H32O/c1-7-15-9-16(10-18(13(2)3)19(15)21)17-8-14(4)11-20(5,6)12-17/h9-10,13-14,17,21H,7-8,11-12H2,1-6H3. The van der Waals surface area contributed by atoms with Crippen LogP contribution in [-0.2, 0) is 6.42 Å². The van der Waals surface area contributed by atoms with Crippen LogP contribution in [0.3, 0.4) is 0 Å². The molecule has 21 heavy (non-hydrogen) atoms. The molecule has 1 aliphatic carbocycles. The number of aryl methyl sites for hydroxylation is 1. The zero-order valence-corrected chi connectivity index (χ0v) is 14.7. The van der Waals surface area contributed by atoms with Gasteiger partial charge in [0.2, 0.25) is 0 Å². The summed E-state index contributed by atoms with van der Waals surface area (Å²) in [6.07, 6.45) is 4.79. The molecular formula is C20H32O. The summed E-state index contributed by atoms with van der Waals surface area (Å²) in [7, 11) is 0. The molecule has 0 heterocycles. The van der Waals surface area contributed by atoms with Crippen LogP contribution >= 0.6 is 0 Å². The number of phenolic OH excluding ortho intramolecular Hbond substituents is 1. The molecular weight excluding hydrogens is 256 g/mol. The number of hydrogen-bond donors (Lipinski definition) is 1. The lowest BCUT2D eigenvalue weighted by Crippen LogP contribution is -2.26. The highest BCUT2D eigenvalue weighted by atomic mass is 16.3. The topological polar surface area (TPSA) is 20.2 Å². The van der Waals surface area contributed by atoms with Crippen LogP contribution in [0.15, 0.2) is 12.1 Å². The molecule has 1 saturated carbocycles. The number of benzene rings is 1. The first kappa shape index (κ1) is 16.4. The summed E-state index contributed by atoms with van der Waals surface area (Å²) in [5.41, 5.74) is 4.13. The van der Waals surface area contributed by atoms with Crippen molar-refractivity contribution < 1.29 is 5.11 Å². The Morgan fingerprint density at radius 3 is 2.43 bits per heavy atom. The molecule has 118 valence electrons. The van der Waals surface area contributed by atoms with Crippen LogP contribution in [0.5, 0.6) is 5.75 Å². The highest BCUT2D eigenvalue weighted by Crippen LogP contribution is 2.47. The SMILES string of the molecule is CCc1cc(C2CC(C)CC(C)(C)C2)cc(C(C)C)c1O. The van der Waals surface area contributed by atoms with E-state index in [9.17, 15) is 5.11 Å². The summed E-state index contributed by atoms with van der Waals surface area (Å²) in [5.74, 6) is 2.34. The van der Waals surface area contributed by atoms with Gasteiger partial charge in [-0.15, -0.1) is 0 Å². The maximum atomic E-state index is 10.4. The number of hydrogen-bond acceptors (Lipinski definition) is 1. The molecule has 0 bridgehead atoms. The molecule has 0 aliphatic heterocycles. The predicted octanol–water partition coefficient (Wildman–Crippen LogP) is 6.01. The Kier molecular flexibility index (Phi) is 4.70. The molecule has 0 aromatic heterocycles. The molecule has 1 N–H and O–H groups in total. The van der Waals surface area contributed by atoms with Crippen LogP contribution in [-0.4, -0.2) is 5.11 Å². The van der Waals surface area contributed by atoms with Crippen molar-refractivity contribution in [2.24, 2.45) is 11.3 Å². The third-order valence-corrected chi connectivity index (χ3v) is 5.10. The largest absolute Gasteiger partial charge is 0.507 e. The summed E-state index contributed by atoms with van der Waals surface area (Å²) in [6.45, 7) is 13.7. The van der Waals surface area contributed by atoms with E-state index in [0.29, 0.717) is 23.0 Å². The van der Waals surface area contributed by atoms with Gasteiger partial charge < -0.3 is 5.11 Å². The van der Waals surface area contributed by atoms with Gasteiger partial charge in [0.15, 0.2) is 0 Å². The molecule has 1 heteroatoms. The molecule has 1 aliphatic rings. The average Bonchev–Trinajstić information content (AvgIpc) is 2.36. The van der Waals surface area contributed by atoms with Crippen molar-refractivity contribution >= 4 is 0 Å². The zero-order valence-electron chi connectivity index (χ0n) is 14.7. The van der Waals surface area contributed by atoms with Crippen molar-refractivity contribution in [3.63, 3.8) is 0 Å². The summed E-state index contributed by atoms with van der Waals surface area (Å²) >= 11 is 0. The molecule has 0 radical (unpaired) electrons. The Balaban J connectivity index is 2.41. The lowest BCUT2D eigenvalue weighted by Gasteiger charge is -2.39. The Bertz CT molecular complexity index is 499. The van der Waals surface area contributed by atoms with Crippen LogP contribution in [0, 0.1) is 11.3 Å². The zero-order chi connectivity index (χ0) is 15.8. The highest BCUT2D eigenvalue weighted by Gasteiger charge is 2.33. The van der Waals surface area contributed by atoms with Crippen molar-refractivity contribution in [2.75, 3.05) is 0 Å². The molecule has 1 aromatic carbocycles. The van der Waals surface area contributed by atoms with Gasteiger partial charge in [-0.25, -0.2) is 0 Å². The first-order valence-corrected chi connectivity index (χ1v) is 8.59. The Hall–Kier alpha value is -0.980. The van der Waals surface area contributed by atoms with Crippen LogP contribution < -0.4 is 0 Å². The molecule has 1 nitrogen and oxygen atoms in total. The molecule has 0 spiro atoms. The lowest BCUT2D eigenvalue weighted by atomic mass is 9.66. The van der Waals surface area contributed by atoms with E-state index in [2.05, 4.69) is 53.7 Å². The molecule has 2 atom stereocenters. The van der Waals surface area contributed by atoms with Gasteiger partial charge in [-0.05, 0) is 65.5 Å². The van der Waals surface area contributed by atoms with E-state index >= 15 is 0 Å². The van der Waals surface area contributed by atoms with E-state index < -0.39 is 0 Å². The summed E-state index contributed by atoms with van der Waals surface area (Å²) in [4.78, 5) is 0. The normalized spacial score (nSPS) is 25.3. The fraction of sp³-hybridized carbons (Fsp3) is 0.700. The van der Waals surface area contributed by atoms with Crippen LogP contribution in [0.1, 0.15) is 89.3 Å². The van der Waals surface area contributed by atoms with Crippen LogP contribution in [0.4, 0.5) is 0 Å². The minimum absolute atomic E-state index is 0.379. The first-order chi connectivity index (χ1) is 9.73. The van der Waals surface area contributed by atoms with Gasteiger partial charge >= 0.3 is 0 Å². The second-order valence-corrected chi connectivity index (χ2v) is 8.24. The Morgan fingerprint density at radius 1 is 1.24 bits per heavy atom. The van der Waals surface area contributed by atoms with Crippen molar-refractivity contribution in [3.8, 4) is 5.75 Å². The Morgan fingerprint density at radius 2 is 1.90 bits per heavy atom. The van der Waals surface area contributed by atoms with E-state index in [0.717, 1.165) is 23.5 Å². The van der Waals surface area contributed by atoms with E-state index in [1.54, 1.807) is 0 Å². The van der Waals surface area contributed by atoms with E-state index in [4.69, 9.17) is 0 Å². The Labute approximate surface area is 130 Å². The lowest BCUT2D eigenvalue weighted by molar-refractivity contribution is 0.168. The van der Waals surface area contributed by atoms with Gasteiger partial charge in [0.1, 0.15) is 5.75 Å². The predicted molar refractivity (Wildman–Crippen MR) is 91.1 cm³/mol. The van der Waals surface area contributed by atoms with Crippen LogP contribution in [0.2, 0.25) is 0 Å². The molecule has 2 unspecified atom stereocenters. The average molecular weight is 288 g/mol. The number of phenols is 1. The third-order valence-electron chi connectivity index (χ3n) is 5.10. The third kappa shape index (κ3) is 3.62. The van der Waals surface area contributed by atoms with Gasteiger partial charge in [-0.3, -0.25) is 0 Å². The fourth-order valence-corrected chi connectivity index (χ4v) is 4.29. The van der Waals surface area contributed by atoms with E-state index in [1.165, 1.54) is 24.8 Å². The van der Waals surface area contributed by atoms with Gasteiger partial charge in [-0.1, -0.05) is 53.7 Å². The highest BCUT2D eigenvalue weighted by molar-refractivity contribution is 5.46. The maximum absolute atomic E-state index is 10.4. The summed E-state index contributed by atoms with van der Waals surface area (Å²) < 4.78 is 0. The minimum atomic E-state index is 0.379. The fourth-order valence-electron chi connectivity index (χ4n) is 4.29. The summed E-state index contributed by atoms with van der Waals surface area (Å²) in [6, 6.07) is 4.54. The molecule has 1 aromatic rings. The van der Waals surface area contributed by atoms with Crippen molar-refractivity contribution in [1.82, 2.24) is 0 Å². The van der Waals surface area contributed by atoms with Gasteiger partial charge in [-0.2, -0.15) is 0 Å². The maximum Gasteiger partial charge on any atom is 0.122 e. The second kappa shape index (κ2) is 6.02. The summed E-state index contributed by atoms with van der Waals surface area (Å²) in [5, 5.41) is 10.4. The quantitative estimate of drug-likeness (QED) is 0.722. The first-order valence-electron chi connectivity index (χ1n) is 8.59.